The van der Waals surface area contributed by atoms with Gasteiger partial charge < -0.3 is 35.0 Å². The topological polar surface area (TPSA) is 74.6 Å². The average Bonchev–Trinajstić information content (AvgIpc) is 3.37. The van der Waals surface area contributed by atoms with Crippen LogP contribution in [-0.4, -0.2) is 22.2 Å². The molecule has 0 atom stereocenters. The Labute approximate surface area is 272 Å². The molecule has 212 valence electrons. The van der Waals surface area contributed by atoms with Gasteiger partial charge in [-0.2, -0.15) is 11.1 Å². The third-order valence-corrected chi connectivity index (χ3v) is 7.52. The van der Waals surface area contributed by atoms with Crippen molar-refractivity contribution in [2.75, 3.05) is 0 Å². The van der Waals surface area contributed by atoms with Crippen molar-refractivity contribution in [1.82, 2.24) is 0 Å². The Kier molecular flexibility index (Phi) is 21.5. The van der Waals surface area contributed by atoms with Crippen molar-refractivity contribution >= 4 is 11.9 Å². The number of carboxylic acid groups (broad SMARTS) is 2. The maximum absolute atomic E-state index is 9.00. The summed E-state index contributed by atoms with van der Waals surface area (Å²) in [7, 11) is 0. The van der Waals surface area contributed by atoms with E-state index in [2.05, 4.69) is 12.8 Å². The molecule has 6 rings (SSSR count). The van der Waals surface area contributed by atoms with Crippen molar-refractivity contribution in [3.63, 3.8) is 0 Å². The van der Waals surface area contributed by atoms with Gasteiger partial charge in [-0.05, 0) is 51.4 Å². The van der Waals surface area contributed by atoms with Gasteiger partial charge in [0, 0.05) is 57.3 Å². The Balaban J connectivity index is 0. The van der Waals surface area contributed by atoms with Crippen LogP contribution in [0, 0.1) is 12.8 Å². The Bertz CT molecular complexity index is 777. The summed E-state index contributed by atoms with van der Waals surface area (Å²) in [5.74, 6) is -1.67. The van der Waals surface area contributed by atoms with Crippen LogP contribution in [0.3, 0.4) is 0 Å². The summed E-state index contributed by atoms with van der Waals surface area (Å²) in [6.07, 6.45) is 27.2. The van der Waals surface area contributed by atoms with Crippen molar-refractivity contribution in [2.45, 2.75) is 117 Å². The number of carbonyl (C=O) groups is 2. The predicted molar refractivity (Wildman–Crippen MR) is 137 cm³/mol. The number of rotatable bonds is 0. The molecule has 0 unspecified atom stereocenters. The molecule has 6 aliphatic carbocycles. The second-order valence-corrected chi connectivity index (χ2v) is 10.2. The van der Waals surface area contributed by atoms with Gasteiger partial charge in [0.05, 0.1) is 0 Å². The molecule has 0 aliphatic heterocycles. The van der Waals surface area contributed by atoms with Crippen LogP contribution in [-0.2, 0) is 53.0 Å². The largest absolute Gasteiger partial charge is 1.00 e. The molecule has 0 aromatic heterocycles. The molecule has 0 bridgehead atoms. The third-order valence-electron chi connectivity index (χ3n) is 7.52. The summed E-state index contributed by atoms with van der Waals surface area (Å²) >= 11 is 0. The van der Waals surface area contributed by atoms with E-state index in [-0.39, 0.29) is 68.2 Å². The van der Waals surface area contributed by atoms with E-state index in [1.165, 1.54) is 103 Å². The molecule has 0 heterocycles. The molecule has 0 aromatic rings. The minimum Gasteiger partial charge on any atom is -1.00 e. The van der Waals surface area contributed by atoms with Crippen LogP contribution >= 0.6 is 0 Å². The summed E-state index contributed by atoms with van der Waals surface area (Å²) in [6.45, 7) is 2.17. The molecule has 8 heteroatoms. The first-order valence-corrected chi connectivity index (χ1v) is 13.3. The van der Waals surface area contributed by atoms with Crippen LogP contribution in [0.15, 0.2) is 44.6 Å². The zero-order chi connectivity index (χ0) is 24.5. The van der Waals surface area contributed by atoms with Gasteiger partial charge in [-0.25, -0.2) is 24.0 Å². The van der Waals surface area contributed by atoms with E-state index in [9.17, 15) is 0 Å². The molecule has 0 saturated carbocycles. The standard InChI is InChI=1S/2C13H17.2C2H4O2.2ClH.2Ti/c2*1-3-7-12-10(5-1)9-11-6-2-4-8-13(11)12;2*1-2(3)4;;;;/h2*5H,1-4,6-9H2;2*1H3,(H,3,4);2*1H;;/q2*-1;;;;;;/p-2. The van der Waals surface area contributed by atoms with Crippen LogP contribution in [0.1, 0.15) is 117 Å². The molecule has 2 N–H and O–H groups in total. The van der Waals surface area contributed by atoms with Crippen LogP contribution < -0.4 is 24.8 Å². The molecule has 0 fully saturated rings. The molecular formula is C30H42Cl2O4Ti2-4. The molecule has 0 aromatic carbocycles. The average molecular weight is 633 g/mol. The van der Waals surface area contributed by atoms with Crippen molar-refractivity contribution < 1.29 is 88.1 Å². The fourth-order valence-corrected chi connectivity index (χ4v) is 6.24. The SMILES string of the molecule is CC(=O)O.CC(=O)O.[CH-]1CCCC2=C1CC1=C2CCCC1.[CH-]1CCCC2=C1CC1=C2CCCC1.[Cl-].[Cl-].[Ti].[Ti]. The predicted octanol–water partition coefficient (Wildman–Crippen LogP) is 2.08. The number of carboxylic acids is 2. The van der Waals surface area contributed by atoms with E-state index in [1.807, 2.05) is 0 Å². The molecule has 0 saturated heterocycles. The quantitative estimate of drug-likeness (QED) is 0.317. The maximum atomic E-state index is 9.00. The van der Waals surface area contributed by atoms with Gasteiger partial charge in [0.25, 0.3) is 11.9 Å². The number of hydrogen-bond donors (Lipinski definition) is 2. The first kappa shape index (κ1) is 39.8. The van der Waals surface area contributed by atoms with E-state index < -0.39 is 11.9 Å². The zero-order valence-corrected chi connectivity index (χ0v) is 27.6. The second-order valence-electron chi connectivity index (χ2n) is 10.2. The number of allylic oxidation sites excluding steroid dienone is 8. The van der Waals surface area contributed by atoms with Crippen molar-refractivity contribution in [3.05, 3.63) is 57.4 Å². The number of hydrogen-bond acceptors (Lipinski definition) is 2. The molecule has 0 spiro atoms. The third kappa shape index (κ3) is 12.0. The van der Waals surface area contributed by atoms with Crippen LogP contribution in [0.25, 0.3) is 0 Å². The van der Waals surface area contributed by atoms with E-state index in [0.29, 0.717) is 0 Å². The Morgan fingerprint density at radius 1 is 0.553 bits per heavy atom. The Hall–Kier alpha value is -0.351. The Morgan fingerprint density at radius 3 is 1.18 bits per heavy atom. The van der Waals surface area contributed by atoms with Gasteiger partial charge in [0.1, 0.15) is 0 Å². The minimum absolute atomic E-state index is 0. The van der Waals surface area contributed by atoms with Gasteiger partial charge in [-0.15, -0.1) is 24.0 Å². The van der Waals surface area contributed by atoms with Crippen LogP contribution in [0.4, 0.5) is 0 Å². The molecule has 4 nitrogen and oxygen atoms in total. The first-order valence-electron chi connectivity index (χ1n) is 13.3. The van der Waals surface area contributed by atoms with E-state index in [0.717, 1.165) is 13.8 Å². The molecule has 0 amide bonds. The maximum Gasteiger partial charge on any atom is 0.300 e. The number of aliphatic carboxylic acids is 2. The van der Waals surface area contributed by atoms with Crippen LogP contribution in [0.2, 0.25) is 0 Å². The monoisotopic (exact) mass is 632 g/mol. The number of halogens is 2. The smallest absolute Gasteiger partial charge is 0.300 e. The normalized spacial score (nSPS) is 19.8. The van der Waals surface area contributed by atoms with E-state index >= 15 is 0 Å². The van der Waals surface area contributed by atoms with Crippen molar-refractivity contribution in [2.24, 2.45) is 0 Å². The summed E-state index contributed by atoms with van der Waals surface area (Å²) in [6, 6.07) is 0. The number of fused-ring (bicyclic) bond motifs is 2. The zero-order valence-electron chi connectivity index (χ0n) is 22.9. The molecule has 6 aliphatic rings. The van der Waals surface area contributed by atoms with Gasteiger partial charge in [0.2, 0.25) is 0 Å². The Morgan fingerprint density at radius 2 is 0.842 bits per heavy atom. The van der Waals surface area contributed by atoms with Gasteiger partial charge >= 0.3 is 0 Å². The second kappa shape index (κ2) is 20.5. The fraction of sp³-hybridized carbons (Fsp3) is 0.600. The van der Waals surface area contributed by atoms with Gasteiger partial charge in [-0.1, -0.05) is 49.7 Å². The van der Waals surface area contributed by atoms with E-state index in [1.54, 1.807) is 44.6 Å². The van der Waals surface area contributed by atoms with Crippen molar-refractivity contribution in [3.8, 4) is 0 Å². The summed E-state index contributed by atoms with van der Waals surface area (Å²) in [5.41, 5.74) is 14.1. The van der Waals surface area contributed by atoms with Gasteiger partial charge in [0.15, 0.2) is 0 Å². The van der Waals surface area contributed by atoms with Crippen LogP contribution in [0.5, 0.6) is 0 Å². The van der Waals surface area contributed by atoms with E-state index in [4.69, 9.17) is 19.8 Å². The molecule has 0 radical (unpaired) electrons. The fourth-order valence-electron chi connectivity index (χ4n) is 6.24. The summed E-state index contributed by atoms with van der Waals surface area (Å²) < 4.78 is 0. The minimum atomic E-state index is -0.833. The van der Waals surface area contributed by atoms with Gasteiger partial charge in [-0.3, -0.25) is 9.59 Å². The molecule has 38 heavy (non-hydrogen) atoms. The summed E-state index contributed by atoms with van der Waals surface area (Å²) in [4.78, 5) is 18.0. The first-order chi connectivity index (χ1) is 16.4. The van der Waals surface area contributed by atoms with Crippen molar-refractivity contribution in [1.29, 1.82) is 0 Å². The molecular weight excluding hydrogens is 591 g/mol. The summed E-state index contributed by atoms with van der Waals surface area (Å²) in [5, 5.41) is 14.8.